The van der Waals surface area contributed by atoms with E-state index < -0.39 is 5.60 Å². The number of fused-ring (bicyclic) bond motifs is 1. The minimum atomic E-state index is -0.456. The Morgan fingerprint density at radius 1 is 1.04 bits per heavy atom. The van der Waals surface area contributed by atoms with Crippen LogP contribution in [-0.4, -0.2) is 71.2 Å². The van der Waals surface area contributed by atoms with Crippen molar-refractivity contribution in [1.82, 2.24) is 19.8 Å². The lowest BCUT2D eigenvalue weighted by atomic mass is 10.1. The molecule has 1 aromatic heterocycles. The molecule has 0 saturated carbocycles. The predicted octanol–water partition coefficient (Wildman–Crippen LogP) is 1.83. The van der Waals surface area contributed by atoms with Gasteiger partial charge in [-0.15, -0.1) is 0 Å². The van der Waals surface area contributed by atoms with Gasteiger partial charge in [-0.3, -0.25) is 4.98 Å². The summed E-state index contributed by atoms with van der Waals surface area (Å²) >= 11 is 0. The normalized spacial score (nSPS) is 18.9. The number of ether oxygens (including phenoxy) is 1. The Labute approximate surface area is 150 Å². The second kappa shape index (κ2) is 6.78. The van der Waals surface area contributed by atoms with E-state index in [0.717, 1.165) is 55.5 Å². The number of amides is 1. The van der Waals surface area contributed by atoms with E-state index in [1.165, 1.54) is 0 Å². The fraction of sp³-hybridized carbons (Fsp3) is 0.722. The van der Waals surface area contributed by atoms with Crippen LogP contribution in [0.1, 0.15) is 37.9 Å². The quantitative estimate of drug-likeness (QED) is 0.772. The third-order valence-electron chi connectivity index (χ3n) is 4.58. The highest BCUT2D eigenvalue weighted by Gasteiger charge is 2.28. The van der Waals surface area contributed by atoms with Crippen LogP contribution in [0.5, 0.6) is 0 Å². The zero-order chi connectivity index (χ0) is 18.2. The molecule has 0 atom stereocenters. The summed E-state index contributed by atoms with van der Waals surface area (Å²) in [5, 5.41) is 0. The van der Waals surface area contributed by atoms with Gasteiger partial charge in [0.2, 0.25) is 0 Å². The molecular weight excluding hydrogens is 318 g/mol. The summed E-state index contributed by atoms with van der Waals surface area (Å²) in [6.07, 6.45) is 0.715. The molecule has 0 unspecified atom stereocenters. The molecule has 1 amide bonds. The lowest BCUT2D eigenvalue weighted by Gasteiger charge is -2.37. The van der Waals surface area contributed by atoms with Crippen LogP contribution < -0.4 is 4.90 Å². The van der Waals surface area contributed by atoms with Crippen LogP contribution in [0.2, 0.25) is 0 Å². The van der Waals surface area contributed by atoms with E-state index >= 15 is 0 Å². The molecule has 2 aliphatic rings. The Morgan fingerprint density at radius 3 is 2.36 bits per heavy atom. The van der Waals surface area contributed by atoms with Gasteiger partial charge in [0.1, 0.15) is 5.60 Å². The Morgan fingerprint density at radius 2 is 1.72 bits per heavy atom. The van der Waals surface area contributed by atoms with Gasteiger partial charge in [0.15, 0.2) is 5.82 Å². The molecular formula is C18H29N5O2. The van der Waals surface area contributed by atoms with E-state index in [2.05, 4.69) is 16.8 Å². The molecule has 1 aromatic rings. The molecule has 0 aliphatic carbocycles. The van der Waals surface area contributed by atoms with Crippen molar-refractivity contribution in [1.29, 1.82) is 0 Å². The van der Waals surface area contributed by atoms with Crippen LogP contribution in [0, 0.1) is 6.92 Å². The van der Waals surface area contributed by atoms with Crippen molar-refractivity contribution < 1.29 is 9.53 Å². The van der Waals surface area contributed by atoms with Gasteiger partial charge < -0.3 is 19.4 Å². The lowest BCUT2D eigenvalue weighted by Crippen LogP contribution is -2.50. The van der Waals surface area contributed by atoms with Gasteiger partial charge in [-0.1, -0.05) is 0 Å². The first-order chi connectivity index (χ1) is 11.7. The van der Waals surface area contributed by atoms with Gasteiger partial charge in [0.25, 0.3) is 0 Å². The minimum Gasteiger partial charge on any atom is -0.444 e. The molecule has 7 heteroatoms. The highest BCUT2D eigenvalue weighted by atomic mass is 16.6. The second-order valence-corrected chi connectivity index (χ2v) is 7.97. The topological polar surface area (TPSA) is 61.8 Å². The second-order valence-electron chi connectivity index (χ2n) is 7.97. The monoisotopic (exact) mass is 347 g/mol. The van der Waals surface area contributed by atoms with Crippen molar-refractivity contribution in [3.05, 3.63) is 17.1 Å². The van der Waals surface area contributed by atoms with Crippen LogP contribution in [0.3, 0.4) is 0 Å². The van der Waals surface area contributed by atoms with Gasteiger partial charge in [-0.05, 0) is 34.7 Å². The molecule has 2 aliphatic heterocycles. The number of aromatic nitrogens is 2. The van der Waals surface area contributed by atoms with Crippen molar-refractivity contribution in [2.45, 2.75) is 46.3 Å². The SMILES string of the molecule is Cc1nc2c(nc1N1CCN(C(=O)OC(C)(C)C)CC1)CCN(C)C2. The molecule has 7 nitrogen and oxygen atoms in total. The lowest BCUT2D eigenvalue weighted by molar-refractivity contribution is 0.0240. The summed E-state index contributed by atoms with van der Waals surface area (Å²) in [5.41, 5.74) is 2.73. The van der Waals surface area contributed by atoms with E-state index in [0.29, 0.717) is 13.1 Å². The van der Waals surface area contributed by atoms with Gasteiger partial charge in [-0.2, -0.15) is 0 Å². The number of aryl methyl sites for hydroxylation is 1. The smallest absolute Gasteiger partial charge is 0.410 e. The third-order valence-corrected chi connectivity index (χ3v) is 4.58. The molecule has 0 N–H and O–H groups in total. The van der Waals surface area contributed by atoms with Crippen LogP contribution in [-0.2, 0) is 17.7 Å². The van der Waals surface area contributed by atoms with Gasteiger partial charge in [0.05, 0.1) is 17.1 Å². The number of piperazine rings is 1. The number of carbonyl (C=O) groups excluding carboxylic acids is 1. The highest BCUT2D eigenvalue weighted by molar-refractivity contribution is 5.68. The number of likely N-dealkylation sites (N-methyl/N-ethyl adjacent to an activating group) is 1. The van der Waals surface area contributed by atoms with Crippen molar-refractivity contribution in [3.8, 4) is 0 Å². The number of anilines is 1. The summed E-state index contributed by atoms with van der Waals surface area (Å²) < 4.78 is 5.46. The van der Waals surface area contributed by atoms with Crippen LogP contribution in [0.25, 0.3) is 0 Å². The summed E-state index contributed by atoms with van der Waals surface area (Å²) in [6.45, 7) is 12.4. The molecule has 3 heterocycles. The molecule has 3 rings (SSSR count). The standard InChI is InChI=1S/C18H29N5O2/c1-13-16(20-14-6-7-21(5)12-15(14)19-13)22-8-10-23(11-9-22)17(24)25-18(2,3)4/h6-12H2,1-5H3. The number of hydrogen-bond acceptors (Lipinski definition) is 6. The van der Waals surface area contributed by atoms with Crippen molar-refractivity contribution in [3.63, 3.8) is 0 Å². The van der Waals surface area contributed by atoms with Crippen LogP contribution >= 0.6 is 0 Å². The number of rotatable bonds is 1. The van der Waals surface area contributed by atoms with Crippen LogP contribution in [0.4, 0.5) is 10.6 Å². The maximum Gasteiger partial charge on any atom is 0.410 e. The zero-order valence-corrected chi connectivity index (χ0v) is 16.0. The molecule has 138 valence electrons. The first-order valence-electron chi connectivity index (χ1n) is 9.01. The maximum atomic E-state index is 12.2. The van der Waals surface area contributed by atoms with E-state index in [-0.39, 0.29) is 6.09 Å². The number of hydrogen-bond donors (Lipinski definition) is 0. The highest BCUT2D eigenvalue weighted by Crippen LogP contribution is 2.23. The predicted molar refractivity (Wildman–Crippen MR) is 96.8 cm³/mol. The van der Waals surface area contributed by atoms with E-state index in [1.54, 1.807) is 4.90 Å². The van der Waals surface area contributed by atoms with E-state index in [1.807, 2.05) is 27.7 Å². The minimum absolute atomic E-state index is 0.233. The van der Waals surface area contributed by atoms with Gasteiger partial charge in [-0.25, -0.2) is 9.78 Å². The van der Waals surface area contributed by atoms with E-state index in [4.69, 9.17) is 14.7 Å². The molecule has 0 radical (unpaired) electrons. The average molecular weight is 347 g/mol. The first-order valence-corrected chi connectivity index (χ1v) is 9.01. The molecule has 25 heavy (non-hydrogen) atoms. The fourth-order valence-corrected chi connectivity index (χ4v) is 3.28. The Balaban J connectivity index is 1.66. The average Bonchev–Trinajstić information content (AvgIpc) is 2.52. The molecule has 0 bridgehead atoms. The van der Waals surface area contributed by atoms with Crippen LogP contribution in [0.15, 0.2) is 0 Å². The number of nitrogens with zero attached hydrogens (tertiary/aromatic N) is 5. The molecule has 0 spiro atoms. The number of carbonyl (C=O) groups is 1. The maximum absolute atomic E-state index is 12.2. The first kappa shape index (κ1) is 17.9. The Hall–Kier alpha value is -1.89. The summed E-state index contributed by atoms with van der Waals surface area (Å²) in [5.74, 6) is 0.965. The molecule has 1 saturated heterocycles. The largest absolute Gasteiger partial charge is 0.444 e. The molecule has 0 aromatic carbocycles. The Bertz CT molecular complexity index is 648. The summed E-state index contributed by atoms with van der Waals surface area (Å²) in [6, 6.07) is 0. The van der Waals surface area contributed by atoms with Gasteiger partial charge >= 0.3 is 6.09 Å². The fourth-order valence-electron chi connectivity index (χ4n) is 3.28. The van der Waals surface area contributed by atoms with Crippen molar-refractivity contribution >= 4 is 11.9 Å². The van der Waals surface area contributed by atoms with Crippen molar-refractivity contribution in [2.75, 3.05) is 44.7 Å². The van der Waals surface area contributed by atoms with Gasteiger partial charge in [0, 0.05) is 45.7 Å². The third kappa shape index (κ3) is 4.21. The summed E-state index contributed by atoms with van der Waals surface area (Å²) in [4.78, 5) is 28.2. The zero-order valence-electron chi connectivity index (χ0n) is 16.0. The van der Waals surface area contributed by atoms with Crippen molar-refractivity contribution in [2.24, 2.45) is 0 Å². The molecule has 1 fully saturated rings. The summed E-state index contributed by atoms with van der Waals surface area (Å²) in [7, 11) is 2.11. The Kier molecular flexibility index (Phi) is 4.86. The van der Waals surface area contributed by atoms with E-state index in [9.17, 15) is 4.79 Å².